The highest BCUT2D eigenvalue weighted by Gasteiger charge is 2.26. The van der Waals surface area contributed by atoms with E-state index in [1.807, 2.05) is 11.3 Å². The van der Waals surface area contributed by atoms with Gasteiger partial charge in [-0.1, -0.05) is 153 Å². The fraction of sp³-hybridized carbons (Fsp3) is 0. The highest BCUT2D eigenvalue weighted by molar-refractivity contribution is 7.28. The summed E-state index contributed by atoms with van der Waals surface area (Å²) in [6.45, 7) is 0. The molecule has 7 aromatic carbocycles. The lowest BCUT2D eigenvalue weighted by molar-refractivity contribution is 1.08. The van der Waals surface area contributed by atoms with Crippen molar-refractivity contribution in [2.24, 2.45) is 0 Å². The second-order valence-electron chi connectivity index (χ2n) is 16.7. The molecule has 15 heteroatoms. The summed E-state index contributed by atoms with van der Waals surface area (Å²) in [5.41, 5.74) is 25.0. The molecule has 0 fully saturated rings. The van der Waals surface area contributed by atoms with Gasteiger partial charge in [0.15, 0.2) is 17.5 Å². The van der Waals surface area contributed by atoms with Crippen LogP contribution in [0, 0.1) is 0 Å². The summed E-state index contributed by atoms with van der Waals surface area (Å²) in [4.78, 5) is 15.8. The topological polar surface area (TPSA) is 38.7 Å². The molecule has 0 aliphatic heterocycles. The molecule has 3 nitrogen and oxygen atoms in total. The Kier molecular flexibility index (Phi) is 10.3. The number of benzene rings is 7. The maximum Gasteiger partial charge on any atom is 0.164 e. The van der Waals surface area contributed by atoms with Crippen molar-refractivity contribution in [3.63, 3.8) is 0 Å². The highest BCUT2D eigenvalue weighted by Crippen LogP contribution is 2.35. The molecule has 0 unspecified atom stereocenters. The first-order chi connectivity index (χ1) is 28.8. The van der Waals surface area contributed by atoms with Crippen molar-refractivity contribution in [2.45, 2.75) is 0 Å². The van der Waals surface area contributed by atoms with E-state index < -0.39 is 0 Å². The first-order valence-corrected chi connectivity index (χ1v) is 21.8. The predicted molar refractivity (Wildman–Crippen MR) is 295 cm³/mol. The fourth-order valence-electron chi connectivity index (χ4n) is 9.29. The summed E-state index contributed by atoms with van der Waals surface area (Å²) in [6.07, 6.45) is 0. The van der Waals surface area contributed by atoms with Crippen LogP contribution in [0.1, 0.15) is 0 Å². The van der Waals surface area contributed by atoms with Crippen molar-refractivity contribution in [2.75, 3.05) is 0 Å². The monoisotopic (exact) mass is 775 g/mol. The van der Waals surface area contributed by atoms with Gasteiger partial charge in [-0.25, -0.2) is 15.0 Å². The summed E-state index contributed by atoms with van der Waals surface area (Å²) in [5.74, 6) is 2.02. The molecule has 0 aliphatic rings. The molecule has 0 saturated heterocycles. The molecular weight excluding hydrogens is 734 g/mol. The van der Waals surface area contributed by atoms with Crippen LogP contribution in [0.4, 0.5) is 0 Å². The van der Waals surface area contributed by atoms with Crippen LogP contribution in [-0.4, -0.2) is 101 Å². The molecule has 0 N–H and O–H groups in total. The van der Waals surface area contributed by atoms with Crippen LogP contribution in [0.25, 0.3) is 87.7 Å². The summed E-state index contributed by atoms with van der Waals surface area (Å²) < 4.78 is 2.81. The van der Waals surface area contributed by atoms with Crippen LogP contribution < -0.4 is 60.1 Å². The second-order valence-corrected chi connectivity index (χ2v) is 17.7. The Labute approximate surface area is 367 Å². The van der Waals surface area contributed by atoms with Gasteiger partial charge in [-0.05, 0) is 44.2 Å². The van der Waals surface area contributed by atoms with Crippen molar-refractivity contribution in [3.8, 4) is 67.5 Å². The minimum absolute atomic E-state index is 0.660. The minimum atomic E-state index is 0.660. The zero-order valence-electron chi connectivity index (χ0n) is 36.6. The van der Waals surface area contributed by atoms with E-state index in [9.17, 15) is 0 Å². The quantitative estimate of drug-likeness (QED) is 0.158. The Morgan fingerprint density at radius 1 is 0.267 bits per heavy atom. The van der Waals surface area contributed by atoms with Gasteiger partial charge in [0.05, 0.1) is 0 Å². The molecule has 0 radical (unpaired) electrons. The highest BCUT2D eigenvalue weighted by atomic mass is 32.1. The molecule has 0 amide bonds. The Hall–Kier alpha value is -5.52. The van der Waals surface area contributed by atoms with Crippen molar-refractivity contribution < 1.29 is 0 Å². The van der Waals surface area contributed by atoms with E-state index in [-0.39, 0.29) is 0 Å². The van der Waals surface area contributed by atoms with Crippen molar-refractivity contribution in [1.29, 1.82) is 0 Å². The summed E-state index contributed by atoms with van der Waals surface area (Å²) in [6, 6.07) is 38.1. The van der Waals surface area contributed by atoms with Crippen molar-refractivity contribution in [1.82, 2.24) is 15.0 Å². The van der Waals surface area contributed by atoms with Crippen LogP contribution in [0.5, 0.6) is 0 Å². The third-order valence-electron chi connectivity index (χ3n) is 13.6. The van der Waals surface area contributed by atoms with Crippen molar-refractivity contribution >= 4 is 178 Å². The maximum absolute atomic E-state index is 5.31. The van der Waals surface area contributed by atoms with Gasteiger partial charge >= 0.3 is 0 Å². The van der Waals surface area contributed by atoms with E-state index in [2.05, 4.69) is 196 Å². The first kappa shape index (κ1) is 39.9. The zero-order chi connectivity index (χ0) is 42.1. The maximum atomic E-state index is 5.31. The molecule has 0 bridgehead atoms. The van der Waals surface area contributed by atoms with Crippen LogP contribution in [-0.2, 0) is 0 Å². The molecule has 0 atom stereocenters. The molecule has 0 saturated carbocycles. The second kappa shape index (κ2) is 15.5. The standard InChI is InChI=1S/C45H40B11N3S/c46-30-25(26-32(48)37(53)33(49)27-28-34(50)38(54)39(55)40(56)42(28)60-41(26)27)31(47)36(52)29(35(30)51)45-58-43(23-15-11-21(12-16-23)19-7-3-1-4-8-19)57-44(59-45)24-17-13-22(14-18-24)20-9-5-2-6-10-20/h1-18H,46-56H2. The minimum Gasteiger partial charge on any atom is -0.208 e. The van der Waals surface area contributed by atoms with Gasteiger partial charge in [-0.15, -0.1) is 27.7 Å². The number of thiophene rings is 1. The number of fused-ring (bicyclic) bond motifs is 3. The van der Waals surface area contributed by atoms with E-state index >= 15 is 0 Å². The lowest BCUT2D eigenvalue weighted by Crippen LogP contribution is -2.48. The van der Waals surface area contributed by atoms with Gasteiger partial charge in [-0.2, -0.15) is 0 Å². The van der Waals surface area contributed by atoms with Gasteiger partial charge in [0, 0.05) is 26.1 Å². The SMILES string of the molecule is Bc1c(B)c(-c2c(B)c(B)c(B)c3c2sc2c(B)c(B)c(B)c(B)c23)c(B)c(B)c1-c1nc(-c2ccc(-c3ccccc3)cc2)nc(-c2ccc(-c3ccccc3)cc2)n1. The number of rotatable bonds is 6. The molecule has 2 aromatic heterocycles. The number of nitrogens with zero attached hydrogens (tertiary/aromatic N) is 3. The fourth-order valence-corrected chi connectivity index (χ4v) is 10.9. The van der Waals surface area contributed by atoms with Crippen LogP contribution in [0.2, 0.25) is 0 Å². The molecule has 9 rings (SSSR count). The van der Waals surface area contributed by atoms with Crippen molar-refractivity contribution in [3.05, 3.63) is 109 Å². The van der Waals surface area contributed by atoms with Gasteiger partial charge in [0.25, 0.3) is 0 Å². The van der Waals surface area contributed by atoms with E-state index in [0.29, 0.717) is 17.5 Å². The Balaban J connectivity index is 1.25. The Morgan fingerprint density at radius 3 is 1.07 bits per heavy atom. The first-order valence-electron chi connectivity index (χ1n) is 21.0. The number of aromatic nitrogens is 3. The van der Waals surface area contributed by atoms with E-state index in [1.54, 1.807) is 0 Å². The molecule has 2 heterocycles. The average Bonchev–Trinajstić information content (AvgIpc) is 3.69. The summed E-state index contributed by atoms with van der Waals surface area (Å²) in [5, 5.41) is 2.84. The molecule has 0 spiro atoms. The zero-order valence-corrected chi connectivity index (χ0v) is 37.5. The molecule has 9 aromatic rings. The van der Waals surface area contributed by atoms with E-state index in [4.69, 9.17) is 15.0 Å². The normalized spacial score (nSPS) is 11.4. The molecule has 274 valence electrons. The molecular formula is C45H40B11N3S. The third-order valence-corrected chi connectivity index (χ3v) is 15.0. The third kappa shape index (κ3) is 6.48. The number of hydrogen-bond donors (Lipinski definition) is 0. The van der Waals surface area contributed by atoms with Gasteiger partial charge < -0.3 is 0 Å². The Morgan fingerprint density at radius 2 is 0.600 bits per heavy atom. The number of hydrogen-bond acceptors (Lipinski definition) is 4. The molecule has 60 heavy (non-hydrogen) atoms. The summed E-state index contributed by atoms with van der Waals surface area (Å²) >= 11 is 1.98. The van der Waals surface area contributed by atoms with Gasteiger partial charge in [0.1, 0.15) is 86.3 Å². The summed E-state index contributed by atoms with van der Waals surface area (Å²) in [7, 11) is 25.3. The smallest absolute Gasteiger partial charge is 0.164 e. The van der Waals surface area contributed by atoms with Crippen LogP contribution >= 0.6 is 11.3 Å². The lowest BCUT2D eigenvalue weighted by atomic mass is 9.60. The van der Waals surface area contributed by atoms with Gasteiger partial charge in [-0.3, -0.25) is 0 Å². The lowest BCUT2D eigenvalue weighted by Gasteiger charge is -2.25. The van der Waals surface area contributed by atoms with Gasteiger partial charge in [0.2, 0.25) is 0 Å². The van der Waals surface area contributed by atoms with E-state index in [0.717, 1.165) is 27.8 Å². The molecule has 0 aliphatic carbocycles. The van der Waals surface area contributed by atoms with E-state index in [1.165, 1.54) is 103 Å². The van der Waals surface area contributed by atoms with Crippen LogP contribution in [0.15, 0.2) is 109 Å². The van der Waals surface area contributed by atoms with Crippen LogP contribution in [0.3, 0.4) is 0 Å². The Bertz CT molecular complexity index is 3060. The largest absolute Gasteiger partial charge is 0.208 e. The average molecular weight is 774 g/mol. The predicted octanol–water partition coefficient (Wildman–Crippen LogP) is -6.92.